The average Bonchev–Trinajstić information content (AvgIpc) is 3.10. The van der Waals surface area contributed by atoms with E-state index < -0.39 is 0 Å². The maximum atomic E-state index is 12.6. The fourth-order valence-electron chi connectivity index (χ4n) is 2.87. The van der Waals surface area contributed by atoms with Crippen molar-refractivity contribution in [2.75, 3.05) is 33.2 Å². The lowest BCUT2D eigenvalue weighted by atomic mass is 9.97. The highest BCUT2D eigenvalue weighted by molar-refractivity contribution is 5.80. The molecule has 0 aliphatic carbocycles. The number of piperidine rings is 1. The number of amides is 3. The van der Waals surface area contributed by atoms with Gasteiger partial charge in [0.25, 0.3) is 0 Å². The van der Waals surface area contributed by atoms with Crippen LogP contribution in [0.4, 0.5) is 4.79 Å². The van der Waals surface area contributed by atoms with Crippen LogP contribution in [-0.4, -0.2) is 64.7 Å². The van der Waals surface area contributed by atoms with E-state index in [2.05, 4.69) is 24.3 Å². The minimum atomic E-state index is -0.105. The van der Waals surface area contributed by atoms with Crippen LogP contribution < -0.4 is 5.32 Å². The molecule has 0 saturated carbocycles. The highest BCUT2D eigenvalue weighted by atomic mass is 16.2. The number of urea groups is 1. The number of carbonyl (C=O) groups excluding carboxylic acids is 2. The largest absolute Gasteiger partial charge is 0.344 e. The van der Waals surface area contributed by atoms with Gasteiger partial charge in [0.1, 0.15) is 0 Å². The van der Waals surface area contributed by atoms with Crippen LogP contribution in [0.15, 0.2) is 18.5 Å². The van der Waals surface area contributed by atoms with E-state index in [-0.39, 0.29) is 17.9 Å². The molecule has 1 saturated heterocycles. The van der Waals surface area contributed by atoms with Crippen molar-refractivity contribution in [3.05, 3.63) is 18.5 Å². The summed E-state index contributed by atoms with van der Waals surface area (Å²) in [6, 6.07) is 1.82. The molecule has 0 bridgehead atoms. The summed E-state index contributed by atoms with van der Waals surface area (Å²) in [5.74, 6) is 0.430. The van der Waals surface area contributed by atoms with E-state index in [1.54, 1.807) is 16.0 Å². The normalized spacial score (nSPS) is 17.8. The van der Waals surface area contributed by atoms with Crippen LogP contribution in [0, 0.1) is 11.8 Å². The number of hydrogen-bond donors (Lipinski definition) is 1. The monoisotopic (exact) mass is 335 g/mol. The van der Waals surface area contributed by atoms with E-state index in [1.807, 2.05) is 24.0 Å². The molecule has 0 unspecified atom stereocenters. The van der Waals surface area contributed by atoms with Crippen molar-refractivity contribution in [2.24, 2.45) is 11.8 Å². The highest BCUT2D eigenvalue weighted by Gasteiger charge is 2.30. The van der Waals surface area contributed by atoms with Crippen molar-refractivity contribution in [3.63, 3.8) is 0 Å². The van der Waals surface area contributed by atoms with Gasteiger partial charge in [-0.15, -0.1) is 0 Å². The third-order valence-electron chi connectivity index (χ3n) is 4.32. The summed E-state index contributed by atoms with van der Waals surface area (Å²) in [5, 5.41) is 7.08. The molecule has 3 amide bonds. The first-order chi connectivity index (χ1) is 11.5. The number of aromatic nitrogens is 2. The number of nitrogens with one attached hydrogen (secondary N) is 1. The van der Waals surface area contributed by atoms with Crippen molar-refractivity contribution in [2.45, 2.75) is 33.2 Å². The van der Waals surface area contributed by atoms with E-state index in [0.29, 0.717) is 32.1 Å². The second-order valence-electron chi connectivity index (χ2n) is 6.89. The summed E-state index contributed by atoms with van der Waals surface area (Å²) in [7, 11) is 1.82. The molecule has 0 spiro atoms. The van der Waals surface area contributed by atoms with Gasteiger partial charge in [-0.1, -0.05) is 13.8 Å². The van der Waals surface area contributed by atoms with Gasteiger partial charge in [0, 0.05) is 45.6 Å². The van der Waals surface area contributed by atoms with Crippen molar-refractivity contribution >= 4 is 11.9 Å². The fraction of sp³-hybridized carbons (Fsp3) is 0.706. The zero-order valence-corrected chi connectivity index (χ0v) is 14.9. The number of likely N-dealkylation sites (N-methyl/N-ethyl adjacent to an activating group) is 1. The van der Waals surface area contributed by atoms with Gasteiger partial charge in [-0.3, -0.25) is 9.48 Å². The Morgan fingerprint density at radius 2 is 2.21 bits per heavy atom. The molecule has 7 heteroatoms. The average molecular weight is 335 g/mol. The van der Waals surface area contributed by atoms with Gasteiger partial charge in [-0.25, -0.2) is 4.79 Å². The van der Waals surface area contributed by atoms with Crippen LogP contribution in [0.1, 0.15) is 26.7 Å². The van der Waals surface area contributed by atoms with Crippen LogP contribution >= 0.6 is 0 Å². The van der Waals surface area contributed by atoms with Crippen molar-refractivity contribution in [1.29, 1.82) is 0 Å². The molecule has 1 aromatic heterocycles. The highest BCUT2D eigenvalue weighted by Crippen LogP contribution is 2.18. The minimum Gasteiger partial charge on any atom is -0.344 e. The number of nitrogens with zero attached hydrogens (tertiary/aromatic N) is 4. The molecule has 134 valence electrons. The van der Waals surface area contributed by atoms with E-state index in [4.69, 9.17) is 0 Å². The molecular formula is C17H29N5O2. The molecule has 1 atom stereocenters. The van der Waals surface area contributed by atoms with Gasteiger partial charge >= 0.3 is 6.03 Å². The summed E-state index contributed by atoms with van der Waals surface area (Å²) in [5.41, 5.74) is 0. The molecule has 1 fully saturated rings. The quantitative estimate of drug-likeness (QED) is 0.855. The SMILES string of the molecule is CC(C)CNC(=O)N1CCC[C@H](C(=O)N(C)CCn2cccn2)C1. The zero-order valence-electron chi connectivity index (χ0n) is 14.9. The smallest absolute Gasteiger partial charge is 0.317 e. The Hall–Kier alpha value is -2.05. The van der Waals surface area contributed by atoms with Crippen LogP contribution in [0.5, 0.6) is 0 Å². The van der Waals surface area contributed by atoms with Crippen molar-refractivity contribution in [3.8, 4) is 0 Å². The molecule has 0 aromatic carbocycles. The molecular weight excluding hydrogens is 306 g/mol. The van der Waals surface area contributed by atoms with Crippen LogP contribution in [0.3, 0.4) is 0 Å². The maximum Gasteiger partial charge on any atom is 0.317 e. The molecule has 24 heavy (non-hydrogen) atoms. The molecule has 7 nitrogen and oxygen atoms in total. The first-order valence-corrected chi connectivity index (χ1v) is 8.72. The van der Waals surface area contributed by atoms with Gasteiger partial charge in [0.2, 0.25) is 5.91 Å². The topological polar surface area (TPSA) is 70.5 Å². The Balaban J connectivity index is 1.81. The third-order valence-corrected chi connectivity index (χ3v) is 4.32. The lowest BCUT2D eigenvalue weighted by molar-refractivity contribution is -0.135. The molecule has 1 aliphatic rings. The van der Waals surface area contributed by atoms with E-state index in [1.165, 1.54) is 0 Å². The van der Waals surface area contributed by atoms with Gasteiger partial charge in [0.15, 0.2) is 0 Å². The molecule has 0 radical (unpaired) electrons. The van der Waals surface area contributed by atoms with E-state index in [0.717, 1.165) is 19.4 Å². The predicted octanol–water partition coefficient (Wildman–Crippen LogP) is 1.42. The number of hydrogen-bond acceptors (Lipinski definition) is 3. The zero-order chi connectivity index (χ0) is 17.5. The van der Waals surface area contributed by atoms with Crippen molar-refractivity contribution < 1.29 is 9.59 Å². The third kappa shape index (κ3) is 5.25. The van der Waals surface area contributed by atoms with Crippen LogP contribution in [0.25, 0.3) is 0 Å². The molecule has 1 N–H and O–H groups in total. The van der Waals surface area contributed by atoms with Gasteiger partial charge in [-0.05, 0) is 24.8 Å². The summed E-state index contributed by atoms with van der Waals surface area (Å²) >= 11 is 0. The first kappa shape index (κ1) is 18.3. The second-order valence-corrected chi connectivity index (χ2v) is 6.89. The Morgan fingerprint density at radius 3 is 2.88 bits per heavy atom. The van der Waals surface area contributed by atoms with E-state index >= 15 is 0 Å². The Morgan fingerprint density at radius 1 is 1.42 bits per heavy atom. The summed E-state index contributed by atoms with van der Waals surface area (Å²) in [6.45, 7) is 7.34. The van der Waals surface area contributed by atoms with E-state index in [9.17, 15) is 9.59 Å². The lowest BCUT2D eigenvalue weighted by Crippen LogP contribution is -2.49. The second kappa shape index (κ2) is 8.70. The minimum absolute atomic E-state index is 0.0552. The standard InChI is InChI=1S/C17H29N5O2/c1-14(2)12-18-17(24)21-8-4-6-15(13-21)16(23)20(3)10-11-22-9-5-7-19-22/h5,7,9,14-15H,4,6,8,10-13H2,1-3H3,(H,18,24)/t15-/m0/s1. The fourth-order valence-corrected chi connectivity index (χ4v) is 2.87. The first-order valence-electron chi connectivity index (χ1n) is 8.72. The number of likely N-dealkylation sites (tertiary alicyclic amines) is 1. The summed E-state index contributed by atoms with van der Waals surface area (Å²) < 4.78 is 1.82. The Bertz CT molecular complexity index is 529. The molecule has 1 aromatic rings. The lowest BCUT2D eigenvalue weighted by Gasteiger charge is -2.34. The predicted molar refractivity (Wildman–Crippen MR) is 92.4 cm³/mol. The Kier molecular flexibility index (Phi) is 6.63. The Labute approximate surface area is 144 Å². The molecule has 2 rings (SSSR count). The van der Waals surface area contributed by atoms with Crippen LogP contribution in [0.2, 0.25) is 0 Å². The van der Waals surface area contributed by atoms with Gasteiger partial charge in [-0.2, -0.15) is 5.10 Å². The van der Waals surface area contributed by atoms with Gasteiger partial charge in [0.05, 0.1) is 12.5 Å². The van der Waals surface area contributed by atoms with Gasteiger partial charge < -0.3 is 15.1 Å². The summed E-state index contributed by atoms with van der Waals surface area (Å²) in [6.07, 6.45) is 5.34. The molecule has 2 heterocycles. The number of carbonyl (C=O) groups is 2. The van der Waals surface area contributed by atoms with Crippen LogP contribution in [-0.2, 0) is 11.3 Å². The number of rotatable bonds is 6. The molecule has 1 aliphatic heterocycles. The van der Waals surface area contributed by atoms with Crippen molar-refractivity contribution in [1.82, 2.24) is 24.9 Å². The maximum absolute atomic E-state index is 12.6. The summed E-state index contributed by atoms with van der Waals surface area (Å²) in [4.78, 5) is 28.4.